The molecule has 0 aliphatic heterocycles. The first-order chi connectivity index (χ1) is 9.43. The average molecular weight is 245 g/mol. The number of hydrogen-bond donors (Lipinski definition) is 1. The number of fused-ring (bicyclic) bond motifs is 2. The molecule has 0 aliphatic carbocycles. The van der Waals surface area contributed by atoms with Gasteiger partial charge in [-0.05, 0) is 12.1 Å². The van der Waals surface area contributed by atoms with Crippen LogP contribution in [0.1, 0.15) is 0 Å². The number of H-pyrrole nitrogens is 1. The van der Waals surface area contributed by atoms with E-state index in [1.165, 1.54) is 5.39 Å². The molecule has 1 N–H and O–H groups in total. The van der Waals surface area contributed by atoms with E-state index in [-0.39, 0.29) is 0 Å². The third-order valence-electron chi connectivity index (χ3n) is 3.39. The summed E-state index contributed by atoms with van der Waals surface area (Å²) in [6.45, 7) is 0. The molecular formula is C16H11N3. The fourth-order valence-electron chi connectivity index (χ4n) is 2.50. The quantitative estimate of drug-likeness (QED) is 0.554. The van der Waals surface area contributed by atoms with Gasteiger partial charge in [-0.15, -0.1) is 0 Å². The van der Waals surface area contributed by atoms with Gasteiger partial charge in [-0.25, -0.2) is 9.97 Å². The zero-order valence-electron chi connectivity index (χ0n) is 10.2. The van der Waals surface area contributed by atoms with Gasteiger partial charge < -0.3 is 4.98 Å². The number of nitrogens with one attached hydrogen (secondary N) is 1. The van der Waals surface area contributed by atoms with Crippen molar-refractivity contribution < 1.29 is 0 Å². The van der Waals surface area contributed by atoms with E-state index < -0.39 is 0 Å². The van der Waals surface area contributed by atoms with Crippen molar-refractivity contribution >= 4 is 21.8 Å². The third-order valence-corrected chi connectivity index (χ3v) is 3.39. The molecule has 0 fully saturated rings. The van der Waals surface area contributed by atoms with Crippen LogP contribution in [0.4, 0.5) is 0 Å². The molecule has 4 aromatic rings. The van der Waals surface area contributed by atoms with Gasteiger partial charge in [0.2, 0.25) is 0 Å². The highest BCUT2D eigenvalue weighted by Crippen LogP contribution is 2.30. The second kappa shape index (κ2) is 3.92. The molecule has 0 unspecified atom stereocenters. The monoisotopic (exact) mass is 245 g/mol. The lowest BCUT2D eigenvalue weighted by Crippen LogP contribution is -1.89. The van der Waals surface area contributed by atoms with Gasteiger partial charge in [-0.3, -0.25) is 0 Å². The maximum atomic E-state index is 4.48. The van der Waals surface area contributed by atoms with Crippen LogP contribution in [-0.4, -0.2) is 15.0 Å². The minimum Gasteiger partial charge on any atom is -0.361 e. The fourth-order valence-corrected chi connectivity index (χ4v) is 2.50. The van der Waals surface area contributed by atoms with Crippen LogP contribution in [0.25, 0.3) is 33.1 Å². The minimum atomic E-state index is 0.969. The summed E-state index contributed by atoms with van der Waals surface area (Å²) in [6, 6.07) is 16.4. The largest absolute Gasteiger partial charge is 0.361 e. The second-order valence-electron chi connectivity index (χ2n) is 4.49. The van der Waals surface area contributed by atoms with Gasteiger partial charge >= 0.3 is 0 Å². The summed E-state index contributed by atoms with van der Waals surface area (Å²) >= 11 is 0. The highest BCUT2D eigenvalue weighted by Gasteiger charge is 2.09. The maximum Gasteiger partial charge on any atom is 0.116 e. The number of benzene rings is 2. The van der Waals surface area contributed by atoms with Gasteiger partial charge in [0, 0.05) is 22.5 Å². The third kappa shape index (κ3) is 1.52. The number of rotatable bonds is 1. The Morgan fingerprint density at radius 1 is 0.842 bits per heavy atom. The molecule has 2 aromatic heterocycles. The van der Waals surface area contributed by atoms with Gasteiger partial charge in [0.15, 0.2) is 0 Å². The molecule has 0 saturated carbocycles. The molecule has 3 heteroatoms. The first kappa shape index (κ1) is 10.3. The molecule has 2 aromatic carbocycles. The molecule has 0 spiro atoms. The van der Waals surface area contributed by atoms with Crippen LogP contribution in [0, 0.1) is 0 Å². The van der Waals surface area contributed by atoms with Crippen molar-refractivity contribution in [2.24, 2.45) is 0 Å². The summed E-state index contributed by atoms with van der Waals surface area (Å²) in [6.07, 6.45) is 3.58. The van der Waals surface area contributed by atoms with Crippen LogP contribution in [0.15, 0.2) is 61.1 Å². The van der Waals surface area contributed by atoms with Crippen molar-refractivity contribution in [1.29, 1.82) is 0 Å². The predicted octanol–water partition coefficient (Wildman–Crippen LogP) is 3.78. The first-order valence-corrected chi connectivity index (χ1v) is 6.20. The Kier molecular flexibility index (Phi) is 2.12. The molecule has 4 rings (SSSR count). The molecule has 0 atom stereocenters. The highest BCUT2D eigenvalue weighted by atomic mass is 14.8. The minimum absolute atomic E-state index is 0.969. The lowest BCUT2D eigenvalue weighted by molar-refractivity contribution is 1.23. The number of para-hydroxylation sites is 2. The Balaban J connectivity index is 2.12. The number of aromatic amines is 1. The summed E-state index contributed by atoms with van der Waals surface area (Å²) in [7, 11) is 0. The Morgan fingerprint density at radius 3 is 2.79 bits per heavy atom. The molecule has 0 radical (unpaired) electrons. The van der Waals surface area contributed by atoms with Gasteiger partial charge in [0.05, 0.1) is 16.7 Å². The van der Waals surface area contributed by atoms with Crippen LogP contribution in [0.2, 0.25) is 0 Å². The van der Waals surface area contributed by atoms with E-state index in [4.69, 9.17) is 0 Å². The van der Waals surface area contributed by atoms with Gasteiger partial charge in [-0.1, -0.05) is 36.4 Å². The standard InChI is InChI=1S/C16H11N3/c1-2-7-14-12(5-1)16(19-10-18-14)13-6-3-4-11-8-9-17-15(11)13/h1-10,17H. The Hall–Kier alpha value is -2.68. The van der Waals surface area contributed by atoms with Crippen molar-refractivity contribution in [2.45, 2.75) is 0 Å². The molecule has 90 valence electrons. The highest BCUT2D eigenvalue weighted by molar-refractivity contribution is 6.01. The zero-order valence-corrected chi connectivity index (χ0v) is 10.2. The Labute approximate surface area is 110 Å². The summed E-state index contributed by atoms with van der Waals surface area (Å²) in [5, 5.41) is 2.27. The average Bonchev–Trinajstić information content (AvgIpc) is 2.95. The van der Waals surface area contributed by atoms with E-state index in [1.54, 1.807) is 6.33 Å². The van der Waals surface area contributed by atoms with Crippen LogP contribution >= 0.6 is 0 Å². The SMILES string of the molecule is c1cc(-c2ncnc3ccccc23)c2[nH]ccc2c1. The summed E-state index contributed by atoms with van der Waals surface area (Å²) in [4.78, 5) is 12.1. The van der Waals surface area contributed by atoms with Crippen molar-refractivity contribution in [3.63, 3.8) is 0 Å². The van der Waals surface area contributed by atoms with E-state index in [0.29, 0.717) is 0 Å². The Morgan fingerprint density at radius 2 is 1.79 bits per heavy atom. The van der Waals surface area contributed by atoms with Gasteiger partial charge in [0.25, 0.3) is 0 Å². The molecule has 19 heavy (non-hydrogen) atoms. The predicted molar refractivity (Wildman–Crippen MR) is 76.8 cm³/mol. The first-order valence-electron chi connectivity index (χ1n) is 6.20. The zero-order chi connectivity index (χ0) is 12.7. The van der Waals surface area contributed by atoms with Crippen molar-refractivity contribution in [2.75, 3.05) is 0 Å². The van der Waals surface area contributed by atoms with E-state index in [1.807, 2.05) is 24.4 Å². The number of hydrogen-bond acceptors (Lipinski definition) is 2. The lowest BCUT2D eigenvalue weighted by atomic mass is 10.0. The van der Waals surface area contributed by atoms with Gasteiger partial charge in [0.1, 0.15) is 6.33 Å². The molecule has 2 heterocycles. The van der Waals surface area contributed by atoms with Crippen LogP contribution < -0.4 is 0 Å². The molecule has 0 aliphatic rings. The molecule has 0 amide bonds. The van der Waals surface area contributed by atoms with Crippen molar-refractivity contribution in [1.82, 2.24) is 15.0 Å². The van der Waals surface area contributed by atoms with E-state index >= 15 is 0 Å². The van der Waals surface area contributed by atoms with Gasteiger partial charge in [-0.2, -0.15) is 0 Å². The molecule has 0 bridgehead atoms. The van der Waals surface area contributed by atoms with Crippen molar-refractivity contribution in [3.05, 3.63) is 61.1 Å². The van der Waals surface area contributed by atoms with Crippen molar-refractivity contribution in [3.8, 4) is 11.3 Å². The molecule has 3 nitrogen and oxygen atoms in total. The maximum absolute atomic E-state index is 4.48. The summed E-state index contributed by atoms with van der Waals surface area (Å²) in [5.74, 6) is 0. The summed E-state index contributed by atoms with van der Waals surface area (Å²) in [5.41, 5.74) is 4.17. The van der Waals surface area contributed by atoms with Crippen LogP contribution in [0.5, 0.6) is 0 Å². The second-order valence-corrected chi connectivity index (χ2v) is 4.49. The molecular weight excluding hydrogens is 234 g/mol. The smallest absolute Gasteiger partial charge is 0.116 e. The Bertz CT molecular complexity index is 872. The van der Waals surface area contributed by atoms with E-state index in [2.05, 4.69) is 45.3 Å². The van der Waals surface area contributed by atoms with E-state index in [9.17, 15) is 0 Å². The lowest BCUT2D eigenvalue weighted by Gasteiger charge is -2.06. The number of nitrogens with zero attached hydrogens (tertiary/aromatic N) is 2. The van der Waals surface area contributed by atoms with E-state index in [0.717, 1.165) is 27.7 Å². The van der Waals surface area contributed by atoms with Crippen LogP contribution in [-0.2, 0) is 0 Å². The summed E-state index contributed by atoms with van der Waals surface area (Å²) < 4.78 is 0. The van der Waals surface area contributed by atoms with Crippen LogP contribution in [0.3, 0.4) is 0 Å². The normalized spacial score (nSPS) is 11.2. The fraction of sp³-hybridized carbons (Fsp3) is 0. The number of aromatic nitrogens is 3. The topological polar surface area (TPSA) is 41.6 Å². The molecule has 0 saturated heterocycles.